The first-order valence-electron chi connectivity index (χ1n) is 11.1. The van der Waals surface area contributed by atoms with E-state index in [1.165, 1.54) is 18.2 Å². The number of carbonyl (C=O) groups is 2. The molecule has 2 aromatic heterocycles. The van der Waals surface area contributed by atoms with Gasteiger partial charge in [0.25, 0.3) is 11.6 Å². The number of non-ortho nitro benzene ring substituents is 1. The van der Waals surface area contributed by atoms with Crippen molar-refractivity contribution in [3.63, 3.8) is 0 Å². The van der Waals surface area contributed by atoms with Gasteiger partial charge in [-0.15, -0.1) is 11.3 Å². The fourth-order valence-electron chi connectivity index (χ4n) is 3.49. The molecular weight excluding hydrogens is 574 g/mol. The van der Waals surface area contributed by atoms with E-state index in [2.05, 4.69) is 21.2 Å². The number of carbonyl (C=O) groups excluding carboxylic acids is 2. The van der Waals surface area contributed by atoms with Gasteiger partial charge in [0.1, 0.15) is 33.7 Å². The van der Waals surface area contributed by atoms with E-state index < -0.39 is 16.8 Å². The monoisotopic (exact) mass is 591 g/mol. The van der Waals surface area contributed by atoms with Crippen LogP contribution in [0.25, 0.3) is 28.5 Å². The molecule has 0 aliphatic rings. The van der Waals surface area contributed by atoms with Crippen LogP contribution in [0.4, 0.5) is 10.7 Å². The highest BCUT2D eigenvalue weighted by Gasteiger charge is 2.24. The van der Waals surface area contributed by atoms with Gasteiger partial charge in [-0.3, -0.25) is 14.9 Å². The van der Waals surface area contributed by atoms with Crippen molar-refractivity contribution >= 4 is 55.9 Å². The SMILES string of the molecule is CCOC(=O)c1c(-c2ccc(Br)cc2)csc1NC(=O)/C(C#N)=C/c1ccc(-c2ccc([N+](=O)[O-])cc2)o1. The third kappa shape index (κ3) is 5.88. The lowest BCUT2D eigenvalue weighted by Crippen LogP contribution is -2.16. The number of amides is 1. The fraction of sp³-hybridized carbons (Fsp3) is 0.0741. The summed E-state index contributed by atoms with van der Waals surface area (Å²) in [7, 11) is 0. The molecule has 0 atom stereocenters. The van der Waals surface area contributed by atoms with Crippen LogP contribution in [0.1, 0.15) is 23.0 Å². The Kier molecular flexibility index (Phi) is 8.15. The van der Waals surface area contributed by atoms with E-state index >= 15 is 0 Å². The molecule has 2 heterocycles. The summed E-state index contributed by atoms with van der Waals surface area (Å²) < 4.78 is 11.8. The molecule has 0 bridgehead atoms. The van der Waals surface area contributed by atoms with Crippen molar-refractivity contribution in [2.75, 3.05) is 11.9 Å². The maximum atomic E-state index is 13.0. The zero-order chi connectivity index (χ0) is 27.2. The lowest BCUT2D eigenvalue weighted by Gasteiger charge is -2.08. The van der Waals surface area contributed by atoms with E-state index in [0.29, 0.717) is 16.9 Å². The number of ether oxygens (including phenoxy) is 1. The average molecular weight is 592 g/mol. The van der Waals surface area contributed by atoms with E-state index in [1.54, 1.807) is 36.6 Å². The summed E-state index contributed by atoms with van der Waals surface area (Å²) in [5.74, 6) is -0.679. The number of nitro groups is 1. The normalized spacial score (nSPS) is 11.0. The minimum atomic E-state index is -0.726. The first-order chi connectivity index (χ1) is 18.3. The number of esters is 1. The Labute approximate surface area is 229 Å². The van der Waals surface area contributed by atoms with Gasteiger partial charge in [0.05, 0.1) is 11.5 Å². The molecule has 1 amide bonds. The van der Waals surface area contributed by atoms with E-state index in [9.17, 15) is 25.0 Å². The second-order valence-electron chi connectivity index (χ2n) is 7.71. The lowest BCUT2D eigenvalue weighted by molar-refractivity contribution is -0.384. The van der Waals surface area contributed by atoms with Crippen LogP contribution < -0.4 is 5.32 Å². The van der Waals surface area contributed by atoms with Gasteiger partial charge in [0.2, 0.25) is 0 Å². The average Bonchev–Trinajstić information content (AvgIpc) is 3.55. The first kappa shape index (κ1) is 26.5. The maximum absolute atomic E-state index is 13.0. The smallest absolute Gasteiger partial charge is 0.341 e. The van der Waals surface area contributed by atoms with Crippen molar-refractivity contribution in [2.24, 2.45) is 0 Å². The van der Waals surface area contributed by atoms with Crippen LogP contribution in [-0.4, -0.2) is 23.4 Å². The topological polar surface area (TPSA) is 135 Å². The van der Waals surface area contributed by atoms with Crippen LogP contribution in [-0.2, 0) is 9.53 Å². The molecule has 0 fully saturated rings. The molecule has 0 aliphatic heterocycles. The zero-order valence-corrected chi connectivity index (χ0v) is 22.2. The molecule has 0 saturated carbocycles. The number of nitriles is 1. The lowest BCUT2D eigenvalue weighted by atomic mass is 10.0. The van der Waals surface area contributed by atoms with Gasteiger partial charge < -0.3 is 14.5 Å². The molecular formula is C27H18BrN3O6S. The zero-order valence-electron chi connectivity index (χ0n) is 19.8. The Morgan fingerprint density at radius 2 is 1.82 bits per heavy atom. The van der Waals surface area contributed by atoms with Gasteiger partial charge in [-0.1, -0.05) is 28.1 Å². The Bertz CT molecular complexity index is 1580. The predicted octanol–water partition coefficient (Wildman–Crippen LogP) is 7.07. The highest BCUT2D eigenvalue weighted by Crippen LogP contribution is 2.37. The number of anilines is 1. The number of nitro benzene ring substituents is 1. The summed E-state index contributed by atoms with van der Waals surface area (Å²) in [6.45, 7) is 1.84. The molecule has 38 heavy (non-hydrogen) atoms. The molecule has 190 valence electrons. The van der Waals surface area contributed by atoms with Gasteiger partial charge in [-0.05, 0) is 48.9 Å². The molecule has 0 radical (unpaired) electrons. The molecule has 0 aliphatic carbocycles. The molecule has 1 N–H and O–H groups in total. The Morgan fingerprint density at radius 3 is 2.45 bits per heavy atom. The Morgan fingerprint density at radius 1 is 1.13 bits per heavy atom. The molecule has 0 saturated heterocycles. The van der Waals surface area contributed by atoms with E-state index in [4.69, 9.17) is 9.15 Å². The fourth-order valence-corrected chi connectivity index (χ4v) is 4.71. The van der Waals surface area contributed by atoms with Crippen LogP contribution in [0.15, 0.2) is 80.5 Å². The minimum Gasteiger partial charge on any atom is -0.462 e. The summed E-state index contributed by atoms with van der Waals surface area (Å²) in [4.78, 5) is 36.1. The molecule has 11 heteroatoms. The standard InChI is InChI=1S/C27H18BrN3O6S/c1-2-36-27(33)24-22(16-3-7-19(28)8-4-16)15-38-26(24)30-25(32)18(14-29)13-21-11-12-23(37-21)17-5-9-20(10-6-17)31(34)35/h3-13,15H,2H2,1H3,(H,30,32)/b18-13+. The van der Waals surface area contributed by atoms with Gasteiger partial charge in [-0.2, -0.15) is 5.26 Å². The summed E-state index contributed by atoms with van der Waals surface area (Å²) in [5, 5.41) is 25.1. The first-order valence-corrected chi connectivity index (χ1v) is 12.8. The molecule has 0 spiro atoms. The van der Waals surface area contributed by atoms with Crippen molar-refractivity contribution in [1.29, 1.82) is 5.26 Å². The van der Waals surface area contributed by atoms with Gasteiger partial charge in [0, 0.05) is 39.2 Å². The van der Waals surface area contributed by atoms with Crippen LogP contribution in [0.5, 0.6) is 0 Å². The highest BCUT2D eigenvalue weighted by molar-refractivity contribution is 9.10. The summed E-state index contributed by atoms with van der Waals surface area (Å²) in [5.41, 5.74) is 1.85. The molecule has 9 nitrogen and oxygen atoms in total. The van der Waals surface area contributed by atoms with Gasteiger partial charge in [0.15, 0.2) is 0 Å². The largest absolute Gasteiger partial charge is 0.462 e. The molecule has 0 unspecified atom stereocenters. The van der Waals surface area contributed by atoms with E-state index in [1.807, 2.05) is 30.3 Å². The quantitative estimate of drug-likeness (QED) is 0.0760. The van der Waals surface area contributed by atoms with Crippen LogP contribution >= 0.6 is 27.3 Å². The number of rotatable bonds is 8. The summed E-state index contributed by atoms with van der Waals surface area (Å²) in [6, 6.07) is 18.2. The summed E-state index contributed by atoms with van der Waals surface area (Å²) >= 11 is 4.53. The summed E-state index contributed by atoms with van der Waals surface area (Å²) in [6.07, 6.45) is 1.28. The van der Waals surface area contributed by atoms with Crippen molar-refractivity contribution in [3.8, 4) is 28.5 Å². The van der Waals surface area contributed by atoms with Crippen molar-refractivity contribution in [1.82, 2.24) is 0 Å². The number of hydrogen-bond donors (Lipinski definition) is 1. The Hall–Kier alpha value is -4.53. The van der Waals surface area contributed by atoms with Crippen molar-refractivity contribution < 1.29 is 23.7 Å². The van der Waals surface area contributed by atoms with E-state index in [0.717, 1.165) is 21.4 Å². The third-order valence-corrected chi connectivity index (χ3v) is 6.72. The second-order valence-corrected chi connectivity index (χ2v) is 9.51. The third-order valence-electron chi connectivity index (χ3n) is 5.29. The number of halogens is 1. The predicted molar refractivity (Wildman–Crippen MR) is 146 cm³/mol. The highest BCUT2D eigenvalue weighted by atomic mass is 79.9. The van der Waals surface area contributed by atoms with Crippen LogP contribution in [0.2, 0.25) is 0 Å². The molecule has 4 aromatic rings. The number of nitrogens with zero attached hydrogens (tertiary/aromatic N) is 2. The minimum absolute atomic E-state index is 0.0529. The number of furan rings is 1. The maximum Gasteiger partial charge on any atom is 0.341 e. The van der Waals surface area contributed by atoms with Gasteiger partial charge >= 0.3 is 5.97 Å². The van der Waals surface area contributed by atoms with Crippen molar-refractivity contribution in [2.45, 2.75) is 6.92 Å². The number of thiophene rings is 1. The molecule has 4 rings (SSSR count). The van der Waals surface area contributed by atoms with Crippen LogP contribution in [0, 0.1) is 21.4 Å². The molecule has 2 aromatic carbocycles. The Balaban J connectivity index is 1.59. The second kappa shape index (κ2) is 11.7. The van der Waals surface area contributed by atoms with E-state index in [-0.39, 0.29) is 34.2 Å². The van der Waals surface area contributed by atoms with Crippen LogP contribution in [0.3, 0.4) is 0 Å². The number of nitrogens with one attached hydrogen (secondary N) is 1. The van der Waals surface area contributed by atoms with Gasteiger partial charge in [-0.25, -0.2) is 4.79 Å². The van der Waals surface area contributed by atoms with Crippen molar-refractivity contribution in [3.05, 3.63) is 97.5 Å². The number of hydrogen-bond acceptors (Lipinski definition) is 8. The number of benzene rings is 2.